The Morgan fingerprint density at radius 3 is 3.10 bits per heavy atom. The molecule has 0 aliphatic carbocycles. The molecule has 0 radical (unpaired) electrons. The van der Waals surface area contributed by atoms with Crippen molar-refractivity contribution in [1.29, 1.82) is 0 Å². The zero-order chi connectivity index (χ0) is 14.8. The van der Waals surface area contributed by atoms with Crippen LogP contribution in [-0.2, 0) is 24.7 Å². The summed E-state index contributed by atoms with van der Waals surface area (Å²) in [5, 5.41) is 10.7. The van der Waals surface area contributed by atoms with Crippen LogP contribution < -0.4 is 10.6 Å². The fraction of sp³-hybridized carbons (Fsp3) is 0.375. The smallest absolute Gasteiger partial charge is 0.229 e. The van der Waals surface area contributed by atoms with Crippen molar-refractivity contribution in [3.05, 3.63) is 41.7 Å². The Balaban J connectivity index is 1.72. The van der Waals surface area contributed by atoms with E-state index in [1.165, 1.54) is 5.56 Å². The molecule has 0 fully saturated rings. The standard InChI is InChI=1S/C16H20N4O/c1-3-13-15(10-20(2)19-13)18-16(21)12-8-11-6-4-5-7-14(11)17-9-12/h4-7,10,12,17H,3,8-9H2,1-2H3,(H,18,21). The van der Waals surface area contributed by atoms with Crippen molar-refractivity contribution in [2.24, 2.45) is 13.0 Å². The quantitative estimate of drug-likeness (QED) is 0.908. The van der Waals surface area contributed by atoms with E-state index in [-0.39, 0.29) is 11.8 Å². The van der Waals surface area contributed by atoms with E-state index in [1.807, 2.05) is 32.3 Å². The van der Waals surface area contributed by atoms with Gasteiger partial charge in [0.2, 0.25) is 5.91 Å². The molecular formula is C16H20N4O. The van der Waals surface area contributed by atoms with Gasteiger partial charge in [-0.05, 0) is 24.5 Å². The summed E-state index contributed by atoms with van der Waals surface area (Å²) in [6.45, 7) is 2.71. The van der Waals surface area contributed by atoms with Crippen molar-refractivity contribution < 1.29 is 4.79 Å². The van der Waals surface area contributed by atoms with Gasteiger partial charge in [0, 0.05) is 25.5 Å². The molecule has 1 unspecified atom stereocenters. The molecule has 1 atom stereocenters. The minimum atomic E-state index is -0.0511. The second-order valence-electron chi connectivity index (χ2n) is 5.45. The summed E-state index contributed by atoms with van der Waals surface area (Å²) in [6, 6.07) is 8.15. The van der Waals surface area contributed by atoms with Crippen LogP contribution in [0.25, 0.3) is 0 Å². The number of fused-ring (bicyclic) bond motifs is 1. The maximum absolute atomic E-state index is 12.5. The molecule has 110 valence electrons. The molecule has 1 aromatic heterocycles. The average Bonchev–Trinajstić information content (AvgIpc) is 2.86. The Morgan fingerprint density at radius 1 is 1.48 bits per heavy atom. The van der Waals surface area contributed by atoms with Crippen molar-refractivity contribution in [3.63, 3.8) is 0 Å². The molecule has 0 spiro atoms. The van der Waals surface area contributed by atoms with Gasteiger partial charge in [-0.2, -0.15) is 5.10 Å². The number of hydrogen-bond donors (Lipinski definition) is 2. The third kappa shape index (κ3) is 2.77. The molecule has 3 rings (SSSR count). The SMILES string of the molecule is CCc1nn(C)cc1NC(=O)C1CNc2ccccc2C1. The zero-order valence-electron chi connectivity index (χ0n) is 12.4. The van der Waals surface area contributed by atoms with Crippen molar-refractivity contribution in [2.75, 3.05) is 17.2 Å². The highest BCUT2D eigenvalue weighted by atomic mass is 16.1. The fourth-order valence-corrected chi connectivity index (χ4v) is 2.76. The number of rotatable bonds is 3. The third-order valence-corrected chi connectivity index (χ3v) is 3.89. The molecule has 0 saturated heterocycles. The lowest BCUT2D eigenvalue weighted by Crippen LogP contribution is -2.33. The normalized spacial score (nSPS) is 17.0. The maximum atomic E-state index is 12.5. The molecule has 1 aliphatic heterocycles. The molecule has 5 nitrogen and oxygen atoms in total. The van der Waals surface area contributed by atoms with Gasteiger partial charge in [0.1, 0.15) is 0 Å². The minimum Gasteiger partial charge on any atom is -0.384 e. The number of nitrogens with one attached hydrogen (secondary N) is 2. The molecular weight excluding hydrogens is 264 g/mol. The van der Waals surface area contributed by atoms with Crippen molar-refractivity contribution in [1.82, 2.24) is 9.78 Å². The summed E-state index contributed by atoms with van der Waals surface area (Å²) >= 11 is 0. The van der Waals surface area contributed by atoms with Crippen molar-refractivity contribution in [3.8, 4) is 0 Å². The summed E-state index contributed by atoms with van der Waals surface area (Å²) in [5.74, 6) is 0.00418. The topological polar surface area (TPSA) is 59.0 Å². The van der Waals surface area contributed by atoms with Crippen LogP contribution in [0.5, 0.6) is 0 Å². The van der Waals surface area contributed by atoms with Crippen LogP contribution in [0.1, 0.15) is 18.2 Å². The number of hydrogen-bond acceptors (Lipinski definition) is 3. The average molecular weight is 284 g/mol. The second kappa shape index (κ2) is 5.60. The zero-order valence-corrected chi connectivity index (χ0v) is 12.4. The summed E-state index contributed by atoms with van der Waals surface area (Å²) in [4.78, 5) is 12.5. The number of aryl methyl sites for hydroxylation is 2. The lowest BCUT2D eigenvalue weighted by Gasteiger charge is -2.25. The van der Waals surface area contributed by atoms with E-state index < -0.39 is 0 Å². The summed E-state index contributed by atoms with van der Waals surface area (Å²) in [5.41, 5.74) is 4.09. The number of carbonyl (C=O) groups is 1. The van der Waals surface area contributed by atoms with Crippen LogP contribution in [-0.4, -0.2) is 22.2 Å². The highest BCUT2D eigenvalue weighted by molar-refractivity contribution is 5.94. The Morgan fingerprint density at radius 2 is 2.29 bits per heavy atom. The molecule has 2 heterocycles. The van der Waals surface area contributed by atoms with Gasteiger partial charge in [-0.25, -0.2) is 0 Å². The van der Waals surface area contributed by atoms with Gasteiger partial charge < -0.3 is 10.6 Å². The van der Waals surface area contributed by atoms with E-state index in [4.69, 9.17) is 0 Å². The molecule has 21 heavy (non-hydrogen) atoms. The monoisotopic (exact) mass is 284 g/mol. The molecule has 5 heteroatoms. The number of amides is 1. The van der Waals surface area contributed by atoms with Gasteiger partial charge in [-0.15, -0.1) is 0 Å². The first-order chi connectivity index (χ1) is 10.2. The van der Waals surface area contributed by atoms with Crippen LogP contribution in [0.3, 0.4) is 0 Å². The number of para-hydroxylation sites is 1. The van der Waals surface area contributed by atoms with Gasteiger partial charge >= 0.3 is 0 Å². The van der Waals surface area contributed by atoms with Crippen LogP contribution >= 0.6 is 0 Å². The second-order valence-corrected chi connectivity index (χ2v) is 5.45. The van der Waals surface area contributed by atoms with Crippen LogP contribution in [0.4, 0.5) is 11.4 Å². The molecule has 1 aromatic carbocycles. The summed E-state index contributed by atoms with van der Waals surface area (Å²) in [7, 11) is 1.87. The lowest BCUT2D eigenvalue weighted by molar-refractivity contribution is -0.119. The lowest BCUT2D eigenvalue weighted by atomic mass is 9.93. The van der Waals surface area contributed by atoms with E-state index in [1.54, 1.807) is 4.68 Å². The van der Waals surface area contributed by atoms with E-state index >= 15 is 0 Å². The van der Waals surface area contributed by atoms with Gasteiger partial charge in [-0.1, -0.05) is 25.1 Å². The Labute approximate surface area is 124 Å². The van der Waals surface area contributed by atoms with Crippen LogP contribution in [0, 0.1) is 5.92 Å². The fourth-order valence-electron chi connectivity index (χ4n) is 2.76. The van der Waals surface area contributed by atoms with E-state index in [0.717, 1.165) is 29.9 Å². The number of nitrogens with zero attached hydrogens (tertiary/aromatic N) is 2. The first kappa shape index (κ1) is 13.7. The molecule has 1 amide bonds. The highest BCUT2D eigenvalue weighted by Crippen LogP contribution is 2.25. The van der Waals surface area contributed by atoms with Crippen molar-refractivity contribution >= 4 is 17.3 Å². The van der Waals surface area contributed by atoms with Crippen LogP contribution in [0.2, 0.25) is 0 Å². The predicted octanol–water partition coefficient (Wildman–Crippen LogP) is 2.21. The highest BCUT2D eigenvalue weighted by Gasteiger charge is 2.25. The van der Waals surface area contributed by atoms with Gasteiger partial charge in [0.25, 0.3) is 0 Å². The minimum absolute atomic E-state index is 0.0511. The number of anilines is 2. The molecule has 0 saturated carbocycles. The summed E-state index contributed by atoms with van der Waals surface area (Å²) in [6.07, 6.45) is 3.44. The third-order valence-electron chi connectivity index (χ3n) is 3.89. The molecule has 2 aromatic rings. The van der Waals surface area contributed by atoms with E-state index in [9.17, 15) is 4.79 Å². The Bertz CT molecular complexity index is 662. The first-order valence-corrected chi connectivity index (χ1v) is 7.32. The molecule has 2 N–H and O–H groups in total. The Kier molecular flexibility index (Phi) is 3.64. The molecule has 1 aliphatic rings. The summed E-state index contributed by atoms with van der Waals surface area (Å²) < 4.78 is 1.74. The van der Waals surface area contributed by atoms with Gasteiger partial charge in [0.05, 0.1) is 17.3 Å². The van der Waals surface area contributed by atoms with E-state index in [0.29, 0.717) is 6.54 Å². The van der Waals surface area contributed by atoms with E-state index in [2.05, 4.69) is 27.9 Å². The largest absolute Gasteiger partial charge is 0.384 e. The number of aromatic nitrogens is 2. The first-order valence-electron chi connectivity index (χ1n) is 7.32. The Hall–Kier alpha value is -2.30. The predicted molar refractivity (Wildman–Crippen MR) is 83.3 cm³/mol. The van der Waals surface area contributed by atoms with Crippen molar-refractivity contribution in [2.45, 2.75) is 19.8 Å². The molecule has 0 bridgehead atoms. The maximum Gasteiger partial charge on any atom is 0.229 e. The number of benzene rings is 1. The van der Waals surface area contributed by atoms with Gasteiger partial charge in [-0.3, -0.25) is 9.48 Å². The van der Waals surface area contributed by atoms with Gasteiger partial charge in [0.15, 0.2) is 0 Å². The number of carbonyl (C=O) groups excluding carboxylic acids is 1. The van der Waals surface area contributed by atoms with Crippen LogP contribution in [0.15, 0.2) is 30.5 Å².